The van der Waals surface area contributed by atoms with Crippen LogP contribution in [0, 0.1) is 0 Å². The first kappa shape index (κ1) is 19.7. The molecule has 2 amide bonds. The number of hydrogen-bond donors (Lipinski definition) is 2. The van der Waals surface area contributed by atoms with E-state index in [4.69, 9.17) is 21.1 Å². The van der Waals surface area contributed by atoms with Crippen molar-refractivity contribution < 1.29 is 19.1 Å². The number of nitrogens with one attached hydrogen (secondary N) is 2. The van der Waals surface area contributed by atoms with Crippen molar-refractivity contribution in [3.63, 3.8) is 0 Å². The number of aryl methyl sites for hydroxylation is 1. The average Bonchev–Trinajstić information content (AvgIpc) is 3.08. The van der Waals surface area contributed by atoms with E-state index >= 15 is 0 Å². The number of ether oxygens (including phenoxy) is 2. The van der Waals surface area contributed by atoms with E-state index in [2.05, 4.69) is 20.9 Å². The third-order valence-electron chi connectivity index (χ3n) is 4.56. The van der Waals surface area contributed by atoms with Crippen LogP contribution in [0.2, 0.25) is 5.02 Å². The molecule has 0 bridgehead atoms. The summed E-state index contributed by atoms with van der Waals surface area (Å²) >= 11 is 6.17. The Morgan fingerprint density at radius 3 is 2.93 bits per heavy atom. The molecule has 9 nitrogen and oxygen atoms in total. The summed E-state index contributed by atoms with van der Waals surface area (Å²) in [5.74, 6) is 0.650. The third kappa shape index (κ3) is 3.92. The van der Waals surface area contributed by atoms with Crippen molar-refractivity contribution in [2.45, 2.75) is 13.0 Å². The lowest BCUT2D eigenvalue weighted by Crippen LogP contribution is -2.25. The van der Waals surface area contributed by atoms with Crippen LogP contribution in [0.1, 0.15) is 18.6 Å². The second-order valence-corrected chi connectivity index (χ2v) is 7.06. The van der Waals surface area contributed by atoms with Crippen LogP contribution in [0.25, 0.3) is 11.3 Å². The minimum absolute atomic E-state index is 0.0612. The lowest BCUT2D eigenvalue weighted by Gasteiger charge is -2.18. The summed E-state index contributed by atoms with van der Waals surface area (Å²) in [7, 11) is 1.65. The number of benzene rings is 2. The lowest BCUT2D eigenvalue weighted by atomic mass is 10.1. The molecule has 0 radical (unpaired) electrons. The molecular weight excluding hydrogens is 410 g/mol. The Labute approximate surface area is 176 Å². The van der Waals surface area contributed by atoms with Crippen LogP contribution in [0.15, 0.2) is 42.5 Å². The van der Waals surface area contributed by atoms with E-state index in [1.807, 2.05) is 6.07 Å². The second-order valence-electron chi connectivity index (χ2n) is 6.65. The van der Waals surface area contributed by atoms with E-state index in [0.29, 0.717) is 39.1 Å². The van der Waals surface area contributed by atoms with Crippen molar-refractivity contribution in [1.29, 1.82) is 0 Å². The van der Waals surface area contributed by atoms with E-state index in [9.17, 15) is 9.59 Å². The molecule has 0 unspecified atom stereocenters. The molecule has 2 N–H and O–H groups in total. The largest absolute Gasteiger partial charge is 0.482 e. The zero-order valence-electron chi connectivity index (χ0n) is 16.2. The van der Waals surface area contributed by atoms with E-state index in [1.54, 1.807) is 50.4 Å². The normalized spacial score (nSPS) is 13.6. The summed E-state index contributed by atoms with van der Waals surface area (Å²) in [6.45, 7) is 1.67. The molecule has 30 heavy (non-hydrogen) atoms. The van der Waals surface area contributed by atoms with Gasteiger partial charge < -0.3 is 14.8 Å². The summed E-state index contributed by atoms with van der Waals surface area (Å²) in [5, 5.41) is 14.0. The fourth-order valence-electron chi connectivity index (χ4n) is 3.07. The molecule has 10 heteroatoms. The van der Waals surface area contributed by atoms with E-state index in [0.717, 1.165) is 0 Å². The van der Waals surface area contributed by atoms with Crippen molar-refractivity contribution >= 4 is 35.1 Å². The van der Waals surface area contributed by atoms with Gasteiger partial charge in [-0.15, -0.1) is 5.10 Å². The Hall–Kier alpha value is -3.59. The second kappa shape index (κ2) is 8.03. The first-order valence-electron chi connectivity index (χ1n) is 9.11. The van der Waals surface area contributed by atoms with Gasteiger partial charge in [0, 0.05) is 23.2 Å². The van der Waals surface area contributed by atoms with E-state index in [-0.39, 0.29) is 12.5 Å². The van der Waals surface area contributed by atoms with E-state index < -0.39 is 12.2 Å². The quantitative estimate of drug-likeness (QED) is 0.656. The number of carbonyl (C=O) groups is 2. The summed E-state index contributed by atoms with van der Waals surface area (Å²) < 4.78 is 12.3. The van der Waals surface area contributed by atoms with Crippen LogP contribution in [-0.4, -0.2) is 33.6 Å². The van der Waals surface area contributed by atoms with Crippen LogP contribution < -0.4 is 15.4 Å². The number of aromatic nitrogens is 3. The van der Waals surface area contributed by atoms with Gasteiger partial charge in [-0.3, -0.25) is 10.1 Å². The molecule has 0 spiro atoms. The fraction of sp³-hybridized carbons (Fsp3) is 0.200. The number of carbonyl (C=O) groups excluding carboxylic acids is 2. The Morgan fingerprint density at radius 2 is 2.13 bits per heavy atom. The number of anilines is 2. The van der Waals surface area contributed by atoms with Gasteiger partial charge in [0.2, 0.25) is 0 Å². The van der Waals surface area contributed by atoms with Crippen molar-refractivity contribution in [3.8, 4) is 17.0 Å². The molecule has 154 valence electrons. The summed E-state index contributed by atoms with van der Waals surface area (Å²) in [5.41, 5.74) is 2.36. The smallest absolute Gasteiger partial charge is 0.413 e. The maximum absolute atomic E-state index is 12.5. The monoisotopic (exact) mass is 427 g/mol. The van der Waals surface area contributed by atoms with Gasteiger partial charge in [-0.25, -0.2) is 9.48 Å². The molecule has 1 atom stereocenters. The first-order valence-corrected chi connectivity index (χ1v) is 9.49. The summed E-state index contributed by atoms with van der Waals surface area (Å²) in [6, 6.07) is 12.3. The van der Waals surface area contributed by atoms with Crippen LogP contribution in [0.3, 0.4) is 0 Å². The van der Waals surface area contributed by atoms with Crippen LogP contribution in [0.4, 0.5) is 16.3 Å². The maximum Gasteiger partial charge on any atom is 0.413 e. The number of amides is 2. The molecule has 1 aromatic heterocycles. The zero-order chi connectivity index (χ0) is 21.3. The molecule has 4 rings (SSSR count). The van der Waals surface area contributed by atoms with Gasteiger partial charge in [0.05, 0.1) is 5.69 Å². The molecule has 0 aliphatic carbocycles. The number of nitrogens with zero attached hydrogens (tertiary/aromatic N) is 3. The summed E-state index contributed by atoms with van der Waals surface area (Å²) in [4.78, 5) is 23.9. The number of halogens is 1. The predicted octanol–water partition coefficient (Wildman–Crippen LogP) is 3.78. The third-order valence-corrected chi connectivity index (χ3v) is 4.91. The molecule has 2 aromatic carbocycles. The van der Waals surface area contributed by atoms with Crippen LogP contribution in [0.5, 0.6) is 5.75 Å². The molecule has 1 aliphatic heterocycles. The molecule has 2 heterocycles. The standard InChI is InChI=1S/C20H18ClN5O4/c1-11(13-5-3-4-6-14(13)21)30-20(28)23-19-18(24-25-26(19)2)12-7-8-15-16(9-12)29-10-17(27)22-15/h3-9,11H,10H2,1-2H3,(H,22,27)(H,23,28)/t11-/m1/s1. The maximum atomic E-state index is 12.5. The Kier molecular flexibility index (Phi) is 5.28. The van der Waals surface area contributed by atoms with Gasteiger partial charge in [0.15, 0.2) is 12.4 Å². The molecular formula is C20H18ClN5O4. The first-order chi connectivity index (χ1) is 14.4. The SMILES string of the molecule is C[C@@H](OC(=O)Nc1c(-c2ccc3c(c2)OCC(=O)N3)nnn1C)c1ccccc1Cl. The minimum atomic E-state index is -0.671. The van der Waals surface area contributed by atoms with Gasteiger partial charge >= 0.3 is 6.09 Å². The zero-order valence-corrected chi connectivity index (χ0v) is 16.9. The topological polar surface area (TPSA) is 107 Å². The summed E-state index contributed by atoms with van der Waals surface area (Å²) in [6.07, 6.45) is -1.22. The average molecular weight is 428 g/mol. The number of rotatable bonds is 4. The lowest BCUT2D eigenvalue weighted by molar-refractivity contribution is -0.118. The Balaban J connectivity index is 1.54. The van der Waals surface area contributed by atoms with Gasteiger partial charge in [0.1, 0.15) is 17.5 Å². The van der Waals surface area contributed by atoms with Gasteiger partial charge in [0.25, 0.3) is 5.91 Å². The minimum Gasteiger partial charge on any atom is -0.482 e. The Morgan fingerprint density at radius 1 is 1.33 bits per heavy atom. The fourth-order valence-corrected chi connectivity index (χ4v) is 3.36. The Bertz CT molecular complexity index is 1130. The highest BCUT2D eigenvalue weighted by molar-refractivity contribution is 6.31. The highest BCUT2D eigenvalue weighted by atomic mass is 35.5. The van der Waals surface area contributed by atoms with Crippen molar-refractivity contribution in [2.75, 3.05) is 17.2 Å². The molecule has 0 fully saturated rings. The highest BCUT2D eigenvalue weighted by Crippen LogP contribution is 2.34. The van der Waals surface area contributed by atoms with Gasteiger partial charge in [-0.1, -0.05) is 41.1 Å². The molecule has 0 saturated carbocycles. The molecule has 0 saturated heterocycles. The van der Waals surface area contributed by atoms with Gasteiger partial charge in [-0.2, -0.15) is 0 Å². The van der Waals surface area contributed by atoms with Crippen molar-refractivity contribution in [1.82, 2.24) is 15.0 Å². The van der Waals surface area contributed by atoms with E-state index in [1.165, 1.54) is 4.68 Å². The molecule has 1 aliphatic rings. The van der Waals surface area contributed by atoms with Crippen molar-refractivity contribution in [2.24, 2.45) is 7.05 Å². The molecule has 3 aromatic rings. The van der Waals surface area contributed by atoms with Gasteiger partial charge in [-0.05, 0) is 25.1 Å². The van der Waals surface area contributed by atoms with Crippen molar-refractivity contribution in [3.05, 3.63) is 53.1 Å². The highest BCUT2D eigenvalue weighted by Gasteiger charge is 2.22. The number of fused-ring (bicyclic) bond motifs is 1. The van der Waals surface area contributed by atoms with Crippen LogP contribution >= 0.6 is 11.6 Å². The number of hydrogen-bond acceptors (Lipinski definition) is 6. The van der Waals surface area contributed by atoms with Crippen LogP contribution in [-0.2, 0) is 16.6 Å². The predicted molar refractivity (Wildman–Crippen MR) is 111 cm³/mol.